The number of aromatic carboxylic acids is 1. The molecule has 4 nitrogen and oxygen atoms in total. The van der Waals surface area contributed by atoms with Crippen LogP contribution < -0.4 is 0 Å². The van der Waals surface area contributed by atoms with E-state index in [1.54, 1.807) is 24.4 Å². The van der Waals surface area contributed by atoms with Crippen LogP contribution in [0.4, 0.5) is 0 Å². The third kappa shape index (κ3) is 2.06. The number of aromatic nitrogens is 2. The van der Waals surface area contributed by atoms with Gasteiger partial charge in [0.05, 0.1) is 11.8 Å². The summed E-state index contributed by atoms with van der Waals surface area (Å²) >= 11 is 0. The minimum Gasteiger partial charge on any atom is -0.478 e. The molecular formula is C13H14N2O2. The Morgan fingerprint density at radius 1 is 1.47 bits per heavy atom. The minimum absolute atomic E-state index is 0.299. The number of carboxylic acids is 1. The molecule has 2 rings (SSSR count). The molecule has 0 aliphatic heterocycles. The van der Waals surface area contributed by atoms with E-state index in [0.29, 0.717) is 5.56 Å². The Morgan fingerprint density at radius 3 is 2.88 bits per heavy atom. The van der Waals surface area contributed by atoms with Crippen LogP contribution >= 0.6 is 0 Å². The monoisotopic (exact) mass is 230 g/mol. The zero-order valence-corrected chi connectivity index (χ0v) is 9.84. The van der Waals surface area contributed by atoms with Gasteiger partial charge in [-0.2, -0.15) is 5.10 Å². The molecule has 0 bridgehead atoms. The Balaban J connectivity index is 2.52. The quantitative estimate of drug-likeness (QED) is 0.880. The van der Waals surface area contributed by atoms with Crippen LogP contribution in [0, 0.1) is 0 Å². The Labute approximate surface area is 99.5 Å². The Hall–Kier alpha value is -2.10. The SMILES string of the molecule is CCc1c(-c2cccc(C(=O)O)c2)cnn1C. The highest BCUT2D eigenvalue weighted by molar-refractivity contribution is 5.89. The molecule has 0 spiro atoms. The summed E-state index contributed by atoms with van der Waals surface area (Å²) in [5.41, 5.74) is 3.30. The van der Waals surface area contributed by atoms with Crippen LogP contribution in [0.5, 0.6) is 0 Å². The maximum Gasteiger partial charge on any atom is 0.335 e. The molecule has 88 valence electrons. The zero-order valence-electron chi connectivity index (χ0n) is 9.84. The van der Waals surface area contributed by atoms with E-state index in [1.807, 2.05) is 17.8 Å². The molecule has 0 radical (unpaired) electrons. The number of aryl methyl sites for hydroxylation is 1. The maximum atomic E-state index is 10.9. The second-order valence-corrected chi connectivity index (χ2v) is 3.87. The van der Waals surface area contributed by atoms with Crippen LogP contribution in [-0.4, -0.2) is 20.9 Å². The summed E-state index contributed by atoms with van der Waals surface area (Å²) in [5.74, 6) is -0.909. The fourth-order valence-electron chi connectivity index (χ4n) is 1.94. The van der Waals surface area contributed by atoms with Gasteiger partial charge >= 0.3 is 5.97 Å². The van der Waals surface area contributed by atoms with Crippen molar-refractivity contribution < 1.29 is 9.90 Å². The van der Waals surface area contributed by atoms with Crippen molar-refractivity contribution in [3.8, 4) is 11.1 Å². The molecule has 17 heavy (non-hydrogen) atoms. The van der Waals surface area contributed by atoms with E-state index in [4.69, 9.17) is 5.11 Å². The van der Waals surface area contributed by atoms with Gasteiger partial charge in [0, 0.05) is 18.3 Å². The first-order valence-electron chi connectivity index (χ1n) is 5.48. The molecule has 0 saturated carbocycles. The van der Waals surface area contributed by atoms with Crippen molar-refractivity contribution in [2.75, 3.05) is 0 Å². The van der Waals surface area contributed by atoms with Gasteiger partial charge in [0.15, 0.2) is 0 Å². The summed E-state index contributed by atoms with van der Waals surface area (Å²) < 4.78 is 1.82. The fraction of sp³-hybridized carbons (Fsp3) is 0.231. The summed E-state index contributed by atoms with van der Waals surface area (Å²) in [6.07, 6.45) is 2.64. The topological polar surface area (TPSA) is 55.1 Å². The number of rotatable bonds is 3. The first kappa shape index (κ1) is 11.4. The van der Waals surface area contributed by atoms with Crippen LogP contribution in [0.2, 0.25) is 0 Å². The number of carbonyl (C=O) groups is 1. The second kappa shape index (κ2) is 4.41. The van der Waals surface area contributed by atoms with Gasteiger partial charge in [-0.05, 0) is 24.1 Å². The van der Waals surface area contributed by atoms with E-state index in [9.17, 15) is 4.79 Å². The molecule has 1 heterocycles. The molecule has 0 amide bonds. The number of carboxylic acid groups (broad SMARTS) is 1. The third-order valence-corrected chi connectivity index (χ3v) is 2.82. The van der Waals surface area contributed by atoms with Gasteiger partial charge in [-0.1, -0.05) is 19.1 Å². The first-order valence-corrected chi connectivity index (χ1v) is 5.48. The van der Waals surface area contributed by atoms with Gasteiger partial charge in [0.1, 0.15) is 0 Å². The molecule has 2 aromatic rings. The predicted octanol–water partition coefficient (Wildman–Crippen LogP) is 2.35. The largest absolute Gasteiger partial charge is 0.478 e. The lowest BCUT2D eigenvalue weighted by Crippen LogP contribution is -1.98. The first-order chi connectivity index (χ1) is 8.13. The standard InChI is InChI=1S/C13H14N2O2/c1-3-12-11(8-14-15(12)2)9-5-4-6-10(7-9)13(16)17/h4-8H,3H2,1-2H3,(H,16,17). The van der Waals surface area contributed by atoms with Crippen LogP contribution in [0.15, 0.2) is 30.5 Å². The summed E-state index contributed by atoms with van der Waals surface area (Å²) in [6.45, 7) is 2.06. The molecular weight excluding hydrogens is 216 g/mol. The molecule has 0 aliphatic carbocycles. The fourth-order valence-corrected chi connectivity index (χ4v) is 1.94. The summed E-state index contributed by atoms with van der Waals surface area (Å²) in [5, 5.41) is 13.2. The molecule has 0 saturated heterocycles. The molecule has 1 aromatic heterocycles. The van der Waals surface area contributed by atoms with Gasteiger partial charge in [-0.3, -0.25) is 4.68 Å². The highest BCUT2D eigenvalue weighted by Gasteiger charge is 2.10. The van der Waals surface area contributed by atoms with Crippen LogP contribution in [-0.2, 0) is 13.5 Å². The van der Waals surface area contributed by atoms with Gasteiger partial charge < -0.3 is 5.11 Å². The lowest BCUT2D eigenvalue weighted by molar-refractivity contribution is 0.0697. The summed E-state index contributed by atoms with van der Waals surface area (Å²) in [4.78, 5) is 10.9. The highest BCUT2D eigenvalue weighted by Crippen LogP contribution is 2.24. The van der Waals surface area contributed by atoms with Crippen molar-refractivity contribution in [1.29, 1.82) is 0 Å². The average molecular weight is 230 g/mol. The Bertz CT molecular complexity index is 558. The van der Waals surface area contributed by atoms with Gasteiger partial charge in [-0.15, -0.1) is 0 Å². The smallest absolute Gasteiger partial charge is 0.335 e. The van der Waals surface area contributed by atoms with Crippen LogP contribution in [0.1, 0.15) is 23.0 Å². The molecule has 0 fully saturated rings. The van der Waals surface area contributed by atoms with Crippen molar-refractivity contribution in [2.24, 2.45) is 7.05 Å². The molecule has 0 unspecified atom stereocenters. The summed E-state index contributed by atoms with van der Waals surface area (Å²) in [7, 11) is 1.89. The van der Waals surface area contributed by atoms with E-state index in [1.165, 1.54) is 0 Å². The third-order valence-electron chi connectivity index (χ3n) is 2.82. The van der Waals surface area contributed by atoms with E-state index in [-0.39, 0.29) is 0 Å². The van der Waals surface area contributed by atoms with Gasteiger partial charge in [0.2, 0.25) is 0 Å². The number of benzene rings is 1. The van der Waals surface area contributed by atoms with Crippen molar-refractivity contribution in [3.63, 3.8) is 0 Å². The molecule has 1 aromatic carbocycles. The molecule has 1 N–H and O–H groups in total. The lowest BCUT2D eigenvalue weighted by atomic mass is 10.0. The highest BCUT2D eigenvalue weighted by atomic mass is 16.4. The molecule has 0 aliphatic rings. The van der Waals surface area contributed by atoms with Crippen LogP contribution in [0.3, 0.4) is 0 Å². The van der Waals surface area contributed by atoms with E-state index in [2.05, 4.69) is 12.0 Å². The van der Waals surface area contributed by atoms with Crippen molar-refractivity contribution >= 4 is 5.97 Å². The van der Waals surface area contributed by atoms with Crippen LogP contribution in [0.25, 0.3) is 11.1 Å². The normalized spacial score (nSPS) is 10.5. The maximum absolute atomic E-state index is 10.9. The second-order valence-electron chi connectivity index (χ2n) is 3.87. The minimum atomic E-state index is -0.909. The lowest BCUT2D eigenvalue weighted by Gasteiger charge is -2.04. The van der Waals surface area contributed by atoms with E-state index < -0.39 is 5.97 Å². The average Bonchev–Trinajstić information content (AvgIpc) is 2.70. The van der Waals surface area contributed by atoms with Gasteiger partial charge in [-0.25, -0.2) is 4.79 Å². The van der Waals surface area contributed by atoms with E-state index in [0.717, 1.165) is 23.2 Å². The molecule has 0 atom stereocenters. The van der Waals surface area contributed by atoms with E-state index >= 15 is 0 Å². The summed E-state index contributed by atoms with van der Waals surface area (Å²) in [6, 6.07) is 6.93. The Morgan fingerprint density at radius 2 is 2.24 bits per heavy atom. The van der Waals surface area contributed by atoms with Crippen molar-refractivity contribution in [2.45, 2.75) is 13.3 Å². The predicted molar refractivity (Wildman–Crippen MR) is 65.0 cm³/mol. The van der Waals surface area contributed by atoms with Crippen molar-refractivity contribution in [3.05, 3.63) is 41.7 Å². The van der Waals surface area contributed by atoms with Gasteiger partial charge in [0.25, 0.3) is 0 Å². The molecule has 4 heteroatoms. The number of hydrogen-bond acceptors (Lipinski definition) is 2. The number of hydrogen-bond donors (Lipinski definition) is 1. The zero-order chi connectivity index (χ0) is 12.4. The Kier molecular flexibility index (Phi) is 2.95. The van der Waals surface area contributed by atoms with Crippen molar-refractivity contribution in [1.82, 2.24) is 9.78 Å². The number of nitrogens with zero attached hydrogens (tertiary/aromatic N) is 2.